The number of hydrogen-bond donors (Lipinski definition) is 5. The fraction of sp³-hybridized carbons (Fsp3) is 0.259. The first-order valence-corrected chi connectivity index (χ1v) is 12.9. The zero-order valence-corrected chi connectivity index (χ0v) is 22.8. The van der Waals surface area contributed by atoms with Crippen molar-refractivity contribution in [3.05, 3.63) is 77.8 Å². The average molecular weight is 580 g/mol. The molecule has 1 heterocycles. The Morgan fingerprint density at radius 3 is 2.38 bits per heavy atom. The molecule has 1 atom stereocenters. The van der Waals surface area contributed by atoms with E-state index < -0.39 is 29.6 Å². The molecular weight excluding hydrogens is 545 g/mol. The fourth-order valence-corrected chi connectivity index (χ4v) is 3.82. The largest absolute Gasteiger partial charge is 0.416 e. The molecule has 2 aromatic rings. The van der Waals surface area contributed by atoms with Gasteiger partial charge in [0.15, 0.2) is 12.2 Å². The van der Waals surface area contributed by atoms with E-state index in [1.807, 2.05) is 0 Å². The summed E-state index contributed by atoms with van der Waals surface area (Å²) < 4.78 is 38.9. The fourth-order valence-electron chi connectivity index (χ4n) is 3.52. The molecule has 214 valence electrons. The molecule has 1 aromatic heterocycles. The van der Waals surface area contributed by atoms with Gasteiger partial charge in [0, 0.05) is 24.5 Å². The molecule has 0 saturated heterocycles. The SMILES string of the molecule is C=Cc1cc(NC(=O)/C(=C\c2ccc(C(F)(F)F)cc2)NC(=O)C([NH3+])CCC(=O)N(CS)CC[NH3+])c[nH+]c1C=C. The van der Waals surface area contributed by atoms with Gasteiger partial charge < -0.3 is 27.0 Å². The Kier molecular flexibility index (Phi) is 12.1. The summed E-state index contributed by atoms with van der Waals surface area (Å²) in [6, 6.07) is 4.83. The maximum absolute atomic E-state index is 13.2. The Labute approximate surface area is 235 Å². The number of halogens is 3. The summed E-state index contributed by atoms with van der Waals surface area (Å²) in [5.74, 6) is -1.38. The number of nitrogens with zero attached hydrogens (tertiary/aromatic N) is 1. The number of H-pyrrole nitrogens is 1. The quantitative estimate of drug-likeness (QED) is 0.138. The van der Waals surface area contributed by atoms with Gasteiger partial charge in [-0.05, 0) is 29.8 Å². The molecule has 2 rings (SSSR count). The van der Waals surface area contributed by atoms with Crippen molar-refractivity contribution in [1.82, 2.24) is 10.2 Å². The summed E-state index contributed by atoms with van der Waals surface area (Å²) >= 11 is 4.13. The average Bonchev–Trinajstić information content (AvgIpc) is 2.93. The van der Waals surface area contributed by atoms with Gasteiger partial charge in [-0.3, -0.25) is 14.4 Å². The van der Waals surface area contributed by atoms with Crippen molar-refractivity contribution in [2.45, 2.75) is 25.1 Å². The molecule has 0 aliphatic rings. The van der Waals surface area contributed by atoms with Crippen LogP contribution in [0.3, 0.4) is 0 Å². The van der Waals surface area contributed by atoms with E-state index in [4.69, 9.17) is 0 Å². The number of amides is 3. The second-order valence-electron chi connectivity index (χ2n) is 8.67. The molecular formula is C27H34F3N6O3S+3. The molecule has 0 aliphatic carbocycles. The topological polar surface area (TPSA) is 148 Å². The molecule has 0 spiro atoms. The smallest absolute Gasteiger partial charge is 0.356 e. The third-order valence-electron chi connectivity index (χ3n) is 5.77. The minimum atomic E-state index is -4.53. The summed E-state index contributed by atoms with van der Waals surface area (Å²) in [5, 5.41) is 5.15. The van der Waals surface area contributed by atoms with Crippen LogP contribution < -0.4 is 27.1 Å². The Hall–Kier alpha value is -3.94. The normalized spacial score (nSPS) is 12.3. The van der Waals surface area contributed by atoms with Gasteiger partial charge in [-0.1, -0.05) is 31.4 Å². The lowest BCUT2D eigenvalue weighted by Gasteiger charge is -2.19. The summed E-state index contributed by atoms with van der Waals surface area (Å²) in [4.78, 5) is 42.9. The predicted molar refractivity (Wildman–Crippen MR) is 149 cm³/mol. The van der Waals surface area contributed by atoms with E-state index in [0.29, 0.717) is 30.0 Å². The Balaban J connectivity index is 2.28. The van der Waals surface area contributed by atoms with E-state index in [2.05, 4.69) is 52.9 Å². The standard InChI is InChI=1S/C27H31F3N6O3S/c1-3-18-14-20(15-33-22(18)4-2)34-26(39)23(13-17-5-7-19(8-6-17)27(28,29)30)35-25(38)21(32)9-10-24(37)36(16-40)12-11-31/h3-8,13-15,21,40H,1-2,9-12,16,31-32H2,(H,34,39)(H,35,38)/p+3/b23-13+. The molecule has 0 radical (unpaired) electrons. The van der Waals surface area contributed by atoms with Crippen molar-refractivity contribution < 1.29 is 44.0 Å². The van der Waals surface area contributed by atoms with Crippen LogP contribution in [0.15, 0.2) is 55.4 Å². The second kappa shape index (κ2) is 15.0. The molecule has 9 nitrogen and oxygen atoms in total. The number of alkyl halides is 3. The maximum atomic E-state index is 13.2. The number of hydrogen-bond acceptors (Lipinski definition) is 4. The van der Waals surface area contributed by atoms with Crippen LogP contribution in [0.1, 0.15) is 35.2 Å². The number of aromatic nitrogens is 1. The summed E-state index contributed by atoms with van der Waals surface area (Å²) in [7, 11) is 0. The van der Waals surface area contributed by atoms with Crippen LogP contribution in [0.4, 0.5) is 18.9 Å². The first-order chi connectivity index (χ1) is 18.9. The number of carbonyl (C=O) groups excluding carboxylic acids is 3. The number of quaternary nitrogens is 2. The van der Waals surface area contributed by atoms with Crippen molar-refractivity contribution in [1.29, 1.82) is 0 Å². The first kappa shape index (κ1) is 32.3. The molecule has 9 N–H and O–H groups in total. The highest BCUT2D eigenvalue weighted by Crippen LogP contribution is 2.29. The Morgan fingerprint density at radius 2 is 1.82 bits per heavy atom. The monoisotopic (exact) mass is 579 g/mol. The molecule has 3 amide bonds. The van der Waals surface area contributed by atoms with Crippen LogP contribution in [0.5, 0.6) is 0 Å². The van der Waals surface area contributed by atoms with Gasteiger partial charge in [-0.15, -0.1) is 0 Å². The zero-order chi connectivity index (χ0) is 29.9. The van der Waals surface area contributed by atoms with Crippen molar-refractivity contribution >= 4 is 54.3 Å². The summed E-state index contributed by atoms with van der Waals surface area (Å²) in [5.41, 5.74) is 8.33. The number of thiol groups is 1. The lowest BCUT2D eigenvalue weighted by molar-refractivity contribution is -0.404. The van der Waals surface area contributed by atoms with Gasteiger partial charge in [0.2, 0.25) is 11.6 Å². The molecule has 0 fully saturated rings. The number of carbonyl (C=O) groups is 3. The van der Waals surface area contributed by atoms with Gasteiger partial charge in [-0.2, -0.15) is 25.8 Å². The van der Waals surface area contributed by atoms with E-state index in [1.54, 1.807) is 18.2 Å². The Bertz CT molecular complexity index is 1270. The van der Waals surface area contributed by atoms with E-state index in [1.165, 1.54) is 29.3 Å². The first-order valence-electron chi connectivity index (χ1n) is 12.3. The van der Waals surface area contributed by atoms with Crippen LogP contribution in [-0.2, 0) is 20.6 Å². The lowest BCUT2D eigenvalue weighted by atomic mass is 10.1. The van der Waals surface area contributed by atoms with Gasteiger partial charge in [0.05, 0.1) is 24.5 Å². The van der Waals surface area contributed by atoms with Crippen molar-refractivity contribution in [2.24, 2.45) is 0 Å². The predicted octanol–water partition coefficient (Wildman–Crippen LogP) is 1.25. The maximum Gasteiger partial charge on any atom is 0.416 e. The molecule has 40 heavy (non-hydrogen) atoms. The number of aromatic amines is 1. The van der Waals surface area contributed by atoms with Crippen LogP contribution in [0, 0.1) is 0 Å². The minimum absolute atomic E-state index is 0.0299. The zero-order valence-electron chi connectivity index (χ0n) is 21.9. The molecule has 1 aromatic carbocycles. The second-order valence-corrected chi connectivity index (χ2v) is 8.96. The third-order valence-corrected chi connectivity index (χ3v) is 6.11. The molecule has 0 saturated carbocycles. The number of nitrogens with one attached hydrogen (secondary N) is 3. The molecule has 0 bridgehead atoms. The molecule has 0 aliphatic heterocycles. The number of anilines is 1. The van der Waals surface area contributed by atoms with E-state index >= 15 is 0 Å². The van der Waals surface area contributed by atoms with E-state index in [9.17, 15) is 27.6 Å². The van der Waals surface area contributed by atoms with Crippen molar-refractivity contribution in [3.8, 4) is 0 Å². The Morgan fingerprint density at radius 1 is 1.15 bits per heavy atom. The van der Waals surface area contributed by atoms with Crippen LogP contribution in [0.2, 0.25) is 0 Å². The van der Waals surface area contributed by atoms with Crippen LogP contribution in [-0.4, -0.2) is 47.6 Å². The van der Waals surface area contributed by atoms with Gasteiger partial charge in [-0.25, -0.2) is 4.98 Å². The van der Waals surface area contributed by atoms with Crippen molar-refractivity contribution in [3.63, 3.8) is 0 Å². The highest BCUT2D eigenvalue weighted by molar-refractivity contribution is 7.80. The lowest BCUT2D eigenvalue weighted by Crippen LogP contribution is -2.67. The highest BCUT2D eigenvalue weighted by Gasteiger charge is 2.30. The van der Waals surface area contributed by atoms with Crippen LogP contribution >= 0.6 is 12.6 Å². The number of rotatable bonds is 13. The van der Waals surface area contributed by atoms with Crippen molar-refractivity contribution in [2.75, 3.05) is 24.3 Å². The highest BCUT2D eigenvalue weighted by atomic mass is 32.1. The molecule has 13 heteroatoms. The van der Waals surface area contributed by atoms with E-state index in [-0.39, 0.29) is 35.9 Å². The third kappa shape index (κ3) is 9.36. The number of pyridine rings is 1. The minimum Gasteiger partial charge on any atom is -0.356 e. The van der Waals surface area contributed by atoms with Gasteiger partial charge in [0.1, 0.15) is 11.4 Å². The number of benzene rings is 1. The van der Waals surface area contributed by atoms with Gasteiger partial charge in [0.25, 0.3) is 11.8 Å². The van der Waals surface area contributed by atoms with E-state index in [0.717, 1.165) is 12.1 Å². The summed E-state index contributed by atoms with van der Waals surface area (Å²) in [6.45, 7) is 8.35. The summed E-state index contributed by atoms with van der Waals surface area (Å²) in [6.07, 6.45) is 1.50. The van der Waals surface area contributed by atoms with Crippen LogP contribution in [0.25, 0.3) is 18.2 Å². The van der Waals surface area contributed by atoms with Gasteiger partial charge >= 0.3 is 6.18 Å². The molecule has 1 unspecified atom stereocenters.